The molecule has 0 saturated carbocycles. The lowest BCUT2D eigenvalue weighted by atomic mass is 10.0. The summed E-state index contributed by atoms with van der Waals surface area (Å²) >= 11 is 0. The minimum Gasteiger partial charge on any atom is -0.352 e. The smallest absolute Gasteiger partial charge is 0.194 e. The van der Waals surface area contributed by atoms with Crippen LogP contribution in [-0.2, 0) is 0 Å². The van der Waals surface area contributed by atoms with E-state index < -0.39 is 0 Å². The summed E-state index contributed by atoms with van der Waals surface area (Å²) in [5.74, 6) is 1.09. The van der Waals surface area contributed by atoms with Crippen LogP contribution in [-0.4, -0.2) is 30.0 Å². The van der Waals surface area contributed by atoms with Crippen LogP contribution in [0.3, 0.4) is 0 Å². The van der Waals surface area contributed by atoms with Crippen LogP contribution in [0.4, 0.5) is 0 Å². The summed E-state index contributed by atoms with van der Waals surface area (Å²) in [4.78, 5) is 6.96. The van der Waals surface area contributed by atoms with Crippen molar-refractivity contribution < 1.29 is 0 Å². The fourth-order valence-corrected chi connectivity index (χ4v) is 2.61. The summed E-state index contributed by atoms with van der Waals surface area (Å²) in [5, 5.41) is 3.43. The van der Waals surface area contributed by atoms with Crippen molar-refractivity contribution in [2.45, 2.75) is 25.4 Å². The first-order chi connectivity index (χ1) is 7.84. The molecule has 1 fully saturated rings. The number of benzene rings is 1. The number of fused-ring (bicyclic) bond motifs is 1. The molecular weight excluding hydrogens is 198 g/mol. The molecule has 0 radical (unpaired) electrons. The molecule has 0 bridgehead atoms. The van der Waals surface area contributed by atoms with Gasteiger partial charge in [0, 0.05) is 19.1 Å². The number of aliphatic imine (C=N–C) groups is 1. The lowest BCUT2D eigenvalue weighted by Gasteiger charge is -2.32. The summed E-state index contributed by atoms with van der Waals surface area (Å²) in [7, 11) is 0. The summed E-state index contributed by atoms with van der Waals surface area (Å²) in [6.45, 7) is 4.21. The minimum absolute atomic E-state index is 0.506. The molecule has 2 aliphatic heterocycles. The molecule has 3 heteroatoms. The zero-order valence-electron chi connectivity index (χ0n) is 9.56. The number of rotatable bonds is 1. The van der Waals surface area contributed by atoms with Gasteiger partial charge in [-0.1, -0.05) is 30.3 Å². The lowest BCUT2D eigenvalue weighted by molar-refractivity contribution is 0.305. The van der Waals surface area contributed by atoms with E-state index in [4.69, 9.17) is 0 Å². The van der Waals surface area contributed by atoms with Gasteiger partial charge in [0.25, 0.3) is 0 Å². The van der Waals surface area contributed by atoms with Gasteiger partial charge in [0.1, 0.15) is 0 Å². The van der Waals surface area contributed by atoms with Gasteiger partial charge in [0.15, 0.2) is 5.96 Å². The quantitative estimate of drug-likeness (QED) is 0.773. The highest BCUT2D eigenvalue weighted by molar-refractivity contribution is 5.83. The zero-order chi connectivity index (χ0) is 11.0. The molecule has 2 atom stereocenters. The van der Waals surface area contributed by atoms with Crippen molar-refractivity contribution in [2.75, 3.05) is 13.1 Å². The number of nitrogens with one attached hydrogen (secondary N) is 1. The highest BCUT2D eigenvalue weighted by Gasteiger charge is 2.33. The molecule has 1 aromatic carbocycles. The Labute approximate surface area is 96.2 Å². The fraction of sp³-hybridized carbons (Fsp3) is 0.462. The number of hydrogen-bond acceptors (Lipinski definition) is 3. The summed E-state index contributed by atoms with van der Waals surface area (Å²) in [5.41, 5.74) is 1.41. The fourth-order valence-electron chi connectivity index (χ4n) is 2.61. The third-order valence-electron chi connectivity index (χ3n) is 3.34. The van der Waals surface area contributed by atoms with Crippen LogP contribution in [0.25, 0.3) is 0 Å². The van der Waals surface area contributed by atoms with Crippen LogP contribution in [0.15, 0.2) is 35.3 Å². The van der Waals surface area contributed by atoms with E-state index in [1.807, 2.05) is 0 Å². The number of guanidine groups is 1. The second-order valence-corrected chi connectivity index (χ2v) is 4.62. The molecule has 2 heterocycles. The topological polar surface area (TPSA) is 27.6 Å². The average Bonchev–Trinajstić information content (AvgIpc) is 2.70. The van der Waals surface area contributed by atoms with Gasteiger partial charge >= 0.3 is 0 Å². The van der Waals surface area contributed by atoms with E-state index >= 15 is 0 Å². The zero-order valence-corrected chi connectivity index (χ0v) is 9.56. The van der Waals surface area contributed by atoms with Gasteiger partial charge in [-0.25, -0.2) is 0 Å². The second-order valence-electron chi connectivity index (χ2n) is 4.62. The van der Waals surface area contributed by atoms with Gasteiger partial charge < -0.3 is 10.2 Å². The Hall–Kier alpha value is -1.51. The molecule has 1 aromatic rings. The van der Waals surface area contributed by atoms with E-state index in [1.54, 1.807) is 0 Å². The number of hydrogen-bond donors (Lipinski definition) is 1. The third-order valence-corrected chi connectivity index (χ3v) is 3.34. The molecule has 2 aliphatic rings. The van der Waals surface area contributed by atoms with Gasteiger partial charge in [0.05, 0.1) is 6.04 Å². The van der Waals surface area contributed by atoms with Crippen LogP contribution < -0.4 is 5.32 Å². The van der Waals surface area contributed by atoms with Crippen LogP contribution in [0.2, 0.25) is 0 Å². The van der Waals surface area contributed by atoms with Gasteiger partial charge in [-0.2, -0.15) is 0 Å². The van der Waals surface area contributed by atoms with Crippen molar-refractivity contribution in [2.24, 2.45) is 4.99 Å². The molecule has 1 saturated heterocycles. The molecule has 84 valence electrons. The standard InChI is InChI=1S/C13H17N3/c1-10-9-16-12(7-8-14-13(16)15-10)11-5-3-2-4-6-11/h2-6,10,12H,7-9H2,1H3,(H,14,15). The Morgan fingerprint density at radius 3 is 2.94 bits per heavy atom. The molecule has 0 spiro atoms. The van der Waals surface area contributed by atoms with Crippen molar-refractivity contribution in [1.82, 2.24) is 10.2 Å². The maximum atomic E-state index is 4.55. The summed E-state index contributed by atoms with van der Waals surface area (Å²) in [6.07, 6.45) is 1.13. The number of nitrogens with zero attached hydrogens (tertiary/aromatic N) is 2. The first kappa shape index (κ1) is 9.70. The summed E-state index contributed by atoms with van der Waals surface area (Å²) < 4.78 is 0. The lowest BCUT2D eigenvalue weighted by Crippen LogP contribution is -2.37. The molecule has 16 heavy (non-hydrogen) atoms. The molecule has 1 N–H and O–H groups in total. The summed E-state index contributed by atoms with van der Waals surface area (Å²) in [6, 6.07) is 11.8. The maximum absolute atomic E-state index is 4.55. The SMILES string of the molecule is CC1CN2C(=NCCC2c2ccccc2)N1. The monoisotopic (exact) mass is 215 g/mol. The van der Waals surface area contributed by atoms with E-state index in [0.29, 0.717) is 12.1 Å². The molecule has 0 aromatic heterocycles. The first-order valence-corrected chi connectivity index (χ1v) is 5.97. The van der Waals surface area contributed by atoms with Gasteiger partial charge in [-0.15, -0.1) is 0 Å². The largest absolute Gasteiger partial charge is 0.352 e. The van der Waals surface area contributed by atoms with E-state index in [0.717, 1.165) is 25.5 Å². The van der Waals surface area contributed by atoms with Crippen LogP contribution in [0.1, 0.15) is 24.9 Å². The molecule has 0 aliphatic carbocycles. The van der Waals surface area contributed by atoms with E-state index in [9.17, 15) is 0 Å². The highest BCUT2D eigenvalue weighted by atomic mass is 15.4. The molecule has 3 rings (SSSR count). The molecule has 2 unspecified atom stereocenters. The highest BCUT2D eigenvalue weighted by Crippen LogP contribution is 2.29. The van der Waals surface area contributed by atoms with Crippen LogP contribution in [0.5, 0.6) is 0 Å². The van der Waals surface area contributed by atoms with Crippen molar-refractivity contribution >= 4 is 5.96 Å². The predicted octanol–water partition coefficient (Wildman–Crippen LogP) is 1.78. The van der Waals surface area contributed by atoms with Crippen molar-refractivity contribution in [3.63, 3.8) is 0 Å². The molecule has 3 nitrogen and oxygen atoms in total. The van der Waals surface area contributed by atoms with Crippen molar-refractivity contribution in [3.8, 4) is 0 Å². The second kappa shape index (κ2) is 3.81. The van der Waals surface area contributed by atoms with E-state index in [2.05, 4.69) is 52.5 Å². The Morgan fingerprint density at radius 1 is 1.31 bits per heavy atom. The maximum Gasteiger partial charge on any atom is 0.194 e. The third kappa shape index (κ3) is 1.56. The van der Waals surface area contributed by atoms with Gasteiger partial charge in [0.2, 0.25) is 0 Å². The Kier molecular flexibility index (Phi) is 2.31. The average molecular weight is 215 g/mol. The van der Waals surface area contributed by atoms with E-state index in [1.165, 1.54) is 5.56 Å². The van der Waals surface area contributed by atoms with Crippen LogP contribution >= 0.6 is 0 Å². The Bertz CT molecular complexity index is 399. The normalized spacial score (nSPS) is 28.3. The Balaban J connectivity index is 1.90. The molecule has 0 amide bonds. The van der Waals surface area contributed by atoms with Crippen molar-refractivity contribution in [3.05, 3.63) is 35.9 Å². The minimum atomic E-state index is 0.506. The molecular formula is C13H17N3. The van der Waals surface area contributed by atoms with Gasteiger partial charge in [-0.3, -0.25) is 4.99 Å². The van der Waals surface area contributed by atoms with E-state index in [-0.39, 0.29) is 0 Å². The van der Waals surface area contributed by atoms with Crippen molar-refractivity contribution in [1.29, 1.82) is 0 Å². The Morgan fingerprint density at radius 2 is 2.12 bits per heavy atom. The van der Waals surface area contributed by atoms with Crippen LogP contribution in [0, 0.1) is 0 Å². The predicted molar refractivity (Wildman–Crippen MR) is 65.4 cm³/mol. The van der Waals surface area contributed by atoms with Gasteiger partial charge in [-0.05, 0) is 18.9 Å². The first-order valence-electron chi connectivity index (χ1n) is 5.97.